The number of rotatable bonds is 9. The van der Waals surface area contributed by atoms with Crippen molar-refractivity contribution in [2.75, 3.05) is 0 Å². The number of fused-ring (bicyclic) bond motifs is 1. The number of carbonyl (C=O) groups is 1. The molecule has 0 radical (unpaired) electrons. The van der Waals surface area contributed by atoms with Gasteiger partial charge in [0.25, 0.3) is 0 Å². The smallest absolute Gasteiger partial charge is 0.303 e. The van der Waals surface area contributed by atoms with Crippen molar-refractivity contribution in [1.29, 1.82) is 0 Å². The second-order valence-corrected chi connectivity index (χ2v) is 8.96. The molecule has 0 aliphatic rings. The van der Waals surface area contributed by atoms with Crippen molar-refractivity contribution in [3.05, 3.63) is 69.4 Å². The molecule has 2 heterocycles. The number of aliphatic carboxylic acids is 1. The van der Waals surface area contributed by atoms with E-state index in [1.54, 1.807) is 11.3 Å². The van der Waals surface area contributed by atoms with Gasteiger partial charge in [0, 0.05) is 27.6 Å². The van der Waals surface area contributed by atoms with Gasteiger partial charge >= 0.3 is 5.97 Å². The molecular formula is C24H22FNO3S2. The van der Waals surface area contributed by atoms with Crippen LogP contribution in [-0.4, -0.2) is 15.4 Å². The van der Waals surface area contributed by atoms with Crippen LogP contribution in [-0.2, 0) is 30.9 Å². The second-order valence-electron chi connectivity index (χ2n) is 7.19. The molecule has 7 heteroatoms. The number of nitrogens with zero attached hydrogens (tertiary/aromatic N) is 1. The zero-order valence-electron chi connectivity index (χ0n) is 17.1. The molecule has 0 amide bonds. The summed E-state index contributed by atoms with van der Waals surface area (Å²) < 4.78 is 25.3. The average Bonchev–Trinajstić information content (AvgIpc) is 3.44. The lowest BCUT2D eigenvalue weighted by Crippen LogP contribution is -2.01. The van der Waals surface area contributed by atoms with Gasteiger partial charge in [0.15, 0.2) is 0 Å². The molecule has 0 unspecified atom stereocenters. The molecule has 0 fully saturated rings. The summed E-state index contributed by atoms with van der Waals surface area (Å²) in [6, 6.07) is 14.0. The maximum absolute atomic E-state index is 13.6. The Balaban J connectivity index is 1.60. The molecule has 0 saturated heterocycles. The molecule has 2 aromatic carbocycles. The molecular weight excluding hydrogens is 433 g/mol. The Morgan fingerprint density at radius 3 is 2.68 bits per heavy atom. The first-order chi connectivity index (χ1) is 15.1. The number of aromatic nitrogens is 1. The van der Waals surface area contributed by atoms with Gasteiger partial charge in [0.2, 0.25) is 0 Å². The van der Waals surface area contributed by atoms with Crippen LogP contribution in [0.3, 0.4) is 0 Å². The summed E-state index contributed by atoms with van der Waals surface area (Å²) in [6.07, 6.45) is 1.53. The van der Waals surface area contributed by atoms with E-state index in [1.165, 1.54) is 17.1 Å². The number of hydrogen-bond donors (Lipinski definition) is 1. The lowest BCUT2D eigenvalue weighted by Gasteiger charge is -2.11. The van der Waals surface area contributed by atoms with E-state index in [-0.39, 0.29) is 13.0 Å². The Hall–Kier alpha value is -2.77. The van der Waals surface area contributed by atoms with Gasteiger partial charge in [-0.25, -0.2) is 4.39 Å². The van der Waals surface area contributed by atoms with Gasteiger partial charge < -0.3 is 9.84 Å². The van der Waals surface area contributed by atoms with Crippen LogP contribution < -0.4 is 4.74 Å². The molecule has 2 aromatic heterocycles. The van der Waals surface area contributed by atoms with Gasteiger partial charge in [0.05, 0.1) is 10.6 Å². The number of carboxylic acids is 1. The number of ether oxygens (including phenoxy) is 1. The maximum atomic E-state index is 13.6. The number of alkyl halides is 1. The lowest BCUT2D eigenvalue weighted by atomic mass is 10.0. The minimum absolute atomic E-state index is 0.0911. The Morgan fingerprint density at radius 2 is 1.97 bits per heavy atom. The highest BCUT2D eigenvalue weighted by molar-refractivity contribution is 7.17. The summed E-state index contributed by atoms with van der Waals surface area (Å²) in [5.74, 6) is -0.105. The Labute approximate surface area is 188 Å². The molecule has 0 spiro atoms. The first-order valence-electron chi connectivity index (χ1n) is 10.1. The fourth-order valence-electron chi connectivity index (χ4n) is 3.53. The molecule has 4 aromatic rings. The first-order valence-corrected chi connectivity index (χ1v) is 11.7. The van der Waals surface area contributed by atoms with Crippen LogP contribution in [0.2, 0.25) is 0 Å². The number of thiophene rings is 1. The fourth-order valence-corrected chi connectivity index (χ4v) is 5.22. The van der Waals surface area contributed by atoms with Crippen LogP contribution in [0.5, 0.6) is 5.75 Å². The van der Waals surface area contributed by atoms with E-state index >= 15 is 0 Å². The fraction of sp³-hybridized carbons (Fsp3) is 0.250. The van der Waals surface area contributed by atoms with Crippen molar-refractivity contribution in [1.82, 2.24) is 4.37 Å². The van der Waals surface area contributed by atoms with E-state index in [4.69, 9.17) is 9.84 Å². The van der Waals surface area contributed by atoms with E-state index in [2.05, 4.69) is 23.4 Å². The molecule has 160 valence electrons. The maximum Gasteiger partial charge on any atom is 0.303 e. The van der Waals surface area contributed by atoms with Crippen LogP contribution in [0.15, 0.2) is 47.8 Å². The summed E-state index contributed by atoms with van der Waals surface area (Å²) in [6.45, 7) is 1.75. The van der Waals surface area contributed by atoms with Gasteiger partial charge in [-0.1, -0.05) is 37.3 Å². The zero-order chi connectivity index (χ0) is 21.8. The van der Waals surface area contributed by atoms with Crippen molar-refractivity contribution < 1.29 is 19.0 Å². The molecule has 4 rings (SSSR count). The molecule has 0 saturated carbocycles. The minimum atomic E-state index is -0.812. The van der Waals surface area contributed by atoms with Crippen molar-refractivity contribution in [2.45, 2.75) is 39.5 Å². The van der Waals surface area contributed by atoms with Crippen LogP contribution in [0.1, 0.15) is 34.9 Å². The van der Waals surface area contributed by atoms with E-state index in [9.17, 15) is 9.18 Å². The van der Waals surface area contributed by atoms with Crippen molar-refractivity contribution in [3.8, 4) is 17.0 Å². The molecule has 0 aliphatic carbocycles. The Bertz CT molecular complexity index is 1200. The predicted octanol–water partition coefficient (Wildman–Crippen LogP) is 6.65. The monoisotopic (exact) mass is 455 g/mol. The summed E-state index contributed by atoms with van der Waals surface area (Å²) >= 11 is 2.75. The number of benzene rings is 2. The molecule has 0 atom stereocenters. The van der Waals surface area contributed by atoms with E-state index < -0.39 is 12.6 Å². The van der Waals surface area contributed by atoms with Crippen LogP contribution >= 0.6 is 22.9 Å². The highest BCUT2D eigenvalue weighted by atomic mass is 32.1. The molecule has 0 bridgehead atoms. The van der Waals surface area contributed by atoms with Gasteiger partial charge in [0.1, 0.15) is 19.0 Å². The largest absolute Gasteiger partial charge is 0.488 e. The quantitative estimate of drug-likeness (QED) is 0.307. The van der Waals surface area contributed by atoms with Crippen molar-refractivity contribution in [3.63, 3.8) is 0 Å². The van der Waals surface area contributed by atoms with Gasteiger partial charge in [-0.2, -0.15) is 4.37 Å². The third-order valence-electron chi connectivity index (χ3n) is 5.26. The molecule has 0 aliphatic heterocycles. The molecule has 4 nitrogen and oxygen atoms in total. The van der Waals surface area contributed by atoms with Gasteiger partial charge in [-0.05, 0) is 53.0 Å². The average molecular weight is 456 g/mol. The number of hydrogen-bond acceptors (Lipinski definition) is 5. The first kappa shape index (κ1) is 21.5. The normalized spacial score (nSPS) is 11.2. The third kappa shape index (κ3) is 4.62. The highest BCUT2D eigenvalue weighted by Crippen LogP contribution is 2.36. The molecule has 1 N–H and O–H groups in total. The number of halogens is 1. The number of carboxylic acid groups (broad SMARTS) is 1. The van der Waals surface area contributed by atoms with E-state index in [0.717, 1.165) is 38.9 Å². The lowest BCUT2D eigenvalue weighted by molar-refractivity contribution is -0.136. The SMILES string of the molecule is CCc1ccc(-c2nsc(CF)c2COc2ccc(CCC(=O)O)c3sccc23)cc1. The van der Waals surface area contributed by atoms with Crippen LogP contribution in [0.25, 0.3) is 21.3 Å². The van der Waals surface area contributed by atoms with Crippen molar-refractivity contribution >= 4 is 38.9 Å². The zero-order valence-corrected chi connectivity index (χ0v) is 18.7. The van der Waals surface area contributed by atoms with Crippen LogP contribution in [0, 0.1) is 0 Å². The Morgan fingerprint density at radius 1 is 1.16 bits per heavy atom. The second kappa shape index (κ2) is 9.58. The van der Waals surface area contributed by atoms with Crippen molar-refractivity contribution in [2.24, 2.45) is 0 Å². The summed E-state index contributed by atoms with van der Waals surface area (Å²) in [4.78, 5) is 11.5. The summed E-state index contributed by atoms with van der Waals surface area (Å²) in [5.41, 5.74) is 4.73. The van der Waals surface area contributed by atoms with Gasteiger partial charge in [-0.3, -0.25) is 4.79 Å². The minimum Gasteiger partial charge on any atom is -0.488 e. The summed E-state index contributed by atoms with van der Waals surface area (Å²) in [5, 5.41) is 11.9. The predicted molar refractivity (Wildman–Crippen MR) is 124 cm³/mol. The van der Waals surface area contributed by atoms with E-state index in [0.29, 0.717) is 17.0 Å². The van der Waals surface area contributed by atoms with E-state index in [1.807, 2.05) is 35.7 Å². The Kier molecular flexibility index (Phi) is 6.63. The highest BCUT2D eigenvalue weighted by Gasteiger charge is 2.17. The summed E-state index contributed by atoms with van der Waals surface area (Å²) in [7, 11) is 0. The standard InChI is InChI=1S/C24H22FNO3S2/c1-2-15-3-5-16(6-4-15)23-19(21(13-25)31-26-23)14-29-20-9-7-17(8-10-22(27)28)24-18(20)11-12-30-24/h3-7,9,11-12H,2,8,10,13-14H2,1H3,(H,27,28). The molecule has 31 heavy (non-hydrogen) atoms. The van der Waals surface area contributed by atoms with Crippen LogP contribution in [0.4, 0.5) is 4.39 Å². The number of aryl methyl sites for hydroxylation is 2. The third-order valence-corrected chi connectivity index (χ3v) is 7.10. The van der Waals surface area contributed by atoms with Gasteiger partial charge in [-0.15, -0.1) is 11.3 Å². The topological polar surface area (TPSA) is 59.4 Å².